The van der Waals surface area contributed by atoms with Gasteiger partial charge in [0.2, 0.25) is 5.91 Å². The van der Waals surface area contributed by atoms with Gasteiger partial charge in [-0.05, 0) is 18.6 Å². The number of carbonyl (C=O) groups excluding carboxylic acids is 1. The molecular formula is C12H12N4O3. The van der Waals surface area contributed by atoms with Crippen molar-refractivity contribution in [2.75, 3.05) is 0 Å². The first-order valence-electron chi connectivity index (χ1n) is 5.96. The number of fused-ring (bicyclic) bond motifs is 1. The van der Waals surface area contributed by atoms with Crippen LogP contribution in [0.2, 0.25) is 0 Å². The summed E-state index contributed by atoms with van der Waals surface area (Å²) in [6.07, 6.45) is 2.23. The minimum absolute atomic E-state index is 0.236. The topological polar surface area (TPSA) is 96.6 Å². The molecular weight excluding hydrogens is 248 g/mol. The summed E-state index contributed by atoms with van der Waals surface area (Å²) in [6, 6.07) is 5.52. The van der Waals surface area contributed by atoms with Crippen LogP contribution in [0.3, 0.4) is 0 Å². The molecule has 0 spiro atoms. The highest BCUT2D eigenvalue weighted by Gasteiger charge is 2.48. The summed E-state index contributed by atoms with van der Waals surface area (Å²) in [4.78, 5) is 22.4. The van der Waals surface area contributed by atoms with E-state index in [1.54, 1.807) is 4.40 Å². The molecule has 1 fully saturated rings. The second-order valence-corrected chi connectivity index (χ2v) is 4.55. The number of amides is 1. The van der Waals surface area contributed by atoms with E-state index in [2.05, 4.69) is 15.5 Å². The molecule has 1 saturated carbocycles. The Morgan fingerprint density at radius 1 is 1.37 bits per heavy atom. The number of rotatable bonds is 4. The van der Waals surface area contributed by atoms with Gasteiger partial charge in [0.15, 0.2) is 11.5 Å². The van der Waals surface area contributed by atoms with Gasteiger partial charge in [0.1, 0.15) is 0 Å². The summed E-state index contributed by atoms with van der Waals surface area (Å²) in [5, 5.41) is 19.4. The Morgan fingerprint density at radius 3 is 2.95 bits per heavy atom. The quantitative estimate of drug-likeness (QED) is 0.810. The molecule has 0 aromatic carbocycles. The number of carboxylic acids is 1. The van der Waals surface area contributed by atoms with Crippen LogP contribution in [0.1, 0.15) is 12.2 Å². The molecule has 2 N–H and O–H groups in total. The van der Waals surface area contributed by atoms with Gasteiger partial charge in [0.25, 0.3) is 0 Å². The second-order valence-electron chi connectivity index (χ2n) is 4.55. The van der Waals surface area contributed by atoms with E-state index in [0.717, 1.165) is 0 Å². The fourth-order valence-electron chi connectivity index (χ4n) is 2.07. The van der Waals surface area contributed by atoms with E-state index in [9.17, 15) is 9.59 Å². The lowest BCUT2D eigenvalue weighted by atomic mass is 10.3. The second kappa shape index (κ2) is 4.34. The van der Waals surface area contributed by atoms with Crippen molar-refractivity contribution < 1.29 is 14.7 Å². The van der Waals surface area contributed by atoms with Gasteiger partial charge in [-0.1, -0.05) is 6.07 Å². The predicted molar refractivity (Wildman–Crippen MR) is 64.1 cm³/mol. The van der Waals surface area contributed by atoms with E-state index in [1.165, 1.54) is 0 Å². The molecule has 2 heterocycles. The molecule has 2 aromatic rings. The number of nitrogens with one attached hydrogen (secondary N) is 1. The number of carbonyl (C=O) groups is 2. The maximum absolute atomic E-state index is 11.7. The number of nitrogens with zero attached hydrogens (tertiary/aromatic N) is 3. The molecule has 0 radical (unpaired) electrons. The lowest BCUT2D eigenvalue weighted by Gasteiger charge is -2.02. The van der Waals surface area contributed by atoms with Crippen molar-refractivity contribution in [3.63, 3.8) is 0 Å². The van der Waals surface area contributed by atoms with Crippen molar-refractivity contribution in [3.8, 4) is 0 Å². The van der Waals surface area contributed by atoms with Crippen molar-refractivity contribution in [1.82, 2.24) is 19.9 Å². The first-order valence-corrected chi connectivity index (χ1v) is 5.96. The molecule has 7 nitrogen and oxygen atoms in total. The van der Waals surface area contributed by atoms with Gasteiger partial charge in [0.05, 0.1) is 18.4 Å². The van der Waals surface area contributed by atoms with Crippen molar-refractivity contribution in [3.05, 3.63) is 30.2 Å². The maximum Gasteiger partial charge on any atom is 0.307 e. The molecule has 2 atom stereocenters. The van der Waals surface area contributed by atoms with Crippen LogP contribution in [0.5, 0.6) is 0 Å². The van der Waals surface area contributed by atoms with E-state index in [0.29, 0.717) is 17.9 Å². The third-order valence-electron chi connectivity index (χ3n) is 3.25. The number of pyridine rings is 1. The van der Waals surface area contributed by atoms with Gasteiger partial charge in [-0.3, -0.25) is 14.0 Å². The first kappa shape index (κ1) is 11.6. The van der Waals surface area contributed by atoms with E-state index in [-0.39, 0.29) is 12.5 Å². The number of aliphatic carboxylic acids is 1. The summed E-state index contributed by atoms with van der Waals surface area (Å²) in [5.74, 6) is -1.46. The average Bonchev–Trinajstić information content (AvgIpc) is 3.11. The SMILES string of the molecule is O=C(O)[C@H]1C[C@H]1C(=O)NCc1nnc2ccccn12. The van der Waals surface area contributed by atoms with Crippen LogP contribution >= 0.6 is 0 Å². The molecule has 0 bridgehead atoms. The number of hydrogen-bond donors (Lipinski definition) is 2. The third kappa shape index (κ3) is 2.14. The smallest absolute Gasteiger partial charge is 0.307 e. The summed E-state index contributed by atoms with van der Waals surface area (Å²) in [5.41, 5.74) is 0.710. The standard InChI is InChI=1S/C12H12N4O3/c17-11(7-5-8(7)12(18)19)13-6-10-15-14-9-3-1-2-4-16(9)10/h1-4,7-8H,5-6H2,(H,13,17)(H,18,19)/t7-,8+/m1/s1. The average molecular weight is 260 g/mol. The van der Waals surface area contributed by atoms with Crippen molar-refractivity contribution in [2.45, 2.75) is 13.0 Å². The summed E-state index contributed by atoms with van der Waals surface area (Å²) in [6.45, 7) is 0.243. The fourth-order valence-corrected chi connectivity index (χ4v) is 2.07. The Morgan fingerprint density at radius 2 is 2.21 bits per heavy atom. The highest BCUT2D eigenvalue weighted by molar-refractivity contribution is 5.89. The van der Waals surface area contributed by atoms with Gasteiger partial charge < -0.3 is 10.4 Å². The lowest BCUT2D eigenvalue weighted by Crippen LogP contribution is -2.26. The zero-order chi connectivity index (χ0) is 13.4. The molecule has 1 aliphatic carbocycles. The lowest BCUT2D eigenvalue weighted by molar-refractivity contribution is -0.140. The molecule has 1 aliphatic rings. The van der Waals surface area contributed by atoms with E-state index >= 15 is 0 Å². The Labute approximate surface area is 108 Å². The van der Waals surface area contributed by atoms with Crippen LogP contribution in [-0.2, 0) is 16.1 Å². The number of carboxylic acid groups (broad SMARTS) is 1. The fraction of sp³-hybridized carbons (Fsp3) is 0.333. The molecule has 0 saturated heterocycles. The van der Waals surface area contributed by atoms with Gasteiger partial charge >= 0.3 is 5.97 Å². The number of hydrogen-bond acceptors (Lipinski definition) is 4. The molecule has 3 rings (SSSR count). The Kier molecular flexibility index (Phi) is 2.66. The highest BCUT2D eigenvalue weighted by Crippen LogP contribution is 2.38. The van der Waals surface area contributed by atoms with Gasteiger partial charge in [0, 0.05) is 6.20 Å². The monoisotopic (exact) mass is 260 g/mol. The maximum atomic E-state index is 11.7. The Balaban J connectivity index is 1.64. The van der Waals surface area contributed by atoms with E-state index < -0.39 is 17.8 Å². The van der Waals surface area contributed by atoms with E-state index in [1.807, 2.05) is 24.4 Å². The van der Waals surface area contributed by atoms with Gasteiger partial charge in [-0.15, -0.1) is 10.2 Å². The summed E-state index contributed by atoms with van der Waals surface area (Å²) in [7, 11) is 0. The van der Waals surface area contributed by atoms with Crippen molar-refractivity contribution >= 4 is 17.5 Å². The van der Waals surface area contributed by atoms with E-state index in [4.69, 9.17) is 5.11 Å². The molecule has 19 heavy (non-hydrogen) atoms. The molecule has 98 valence electrons. The normalized spacial score (nSPS) is 21.3. The molecule has 7 heteroatoms. The highest BCUT2D eigenvalue weighted by atomic mass is 16.4. The third-order valence-corrected chi connectivity index (χ3v) is 3.25. The van der Waals surface area contributed by atoms with Gasteiger partial charge in [-0.25, -0.2) is 0 Å². The summed E-state index contributed by atoms with van der Waals surface area (Å²) >= 11 is 0. The van der Waals surface area contributed by atoms with Crippen LogP contribution < -0.4 is 5.32 Å². The molecule has 1 amide bonds. The Bertz CT molecular complexity index is 651. The zero-order valence-electron chi connectivity index (χ0n) is 9.98. The first-order chi connectivity index (χ1) is 9.16. The van der Waals surface area contributed by atoms with Crippen LogP contribution in [-0.4, -0.2) is 31.6 Å². The predicted octanol–water partition coefficient (Wildman–Crippen LogP) is 0.0662. The minimum atomic E-state index is -0.909. The van der Waals surface area contributed by atoms with Crippen LogP contribution in [0.25, 0.3) is 5.65 Å². The zero-order valence-corrected chi connectivity index (χ0v) is 9.98. The molecule has 2 aromatic heterocycles. The Hall–Kier alpha value is -2.44. The molecule has 0 unspecified atom stereocenters. The van der Waals surface area contributed by atoms with Crippen molar-refractivity contribution in [2.24, 2.45) is 11.8 Å². The number of aromatic nitrogens is 3. The van der Waals surface area contributed by atoms with Crippen LogP contribution in [0, 0.1) is 11.8 Å². The van der Waals surface area contributed by atoms with Crippen molar-refractivity contribution in [1.29, 1.82) is 0 Å². The van der Waals surface area contributed by atoms with Crippen LogP contribution in [0.15, 0.2) is 24.4 Å². The largest absolute Gasteiger partial charge is 0.481 e. The molecule has 0 aliphatic heterocycles. The summed E-state index contributed by atoms with van der Waals surface area (Å²) < 4.78 is 1.78. The van der Waals surface area contributed by atoms with Crippen LogP contribution in [0.4, 0.5) is 0 Å². The van der Waals surface area contributed by atoms with Gasteiger partial charge in [-0.2, -0.15) is 0 Å². The minimum Gasteiger partial charge on any atom is -0.481 e.